The SMILES string of the molecule is Cc1ccc(C)c(C2(N)CCCN(C)C2)c1. The third-order valence-electron chi connectivity index (χ3n) is 3.64. The van der Waals surface area contributed by atoms with E-state index in [9.17, 15) is 0 Å². The van der Waals surface area contributed by atoms with Crippen molar-refractivity contribution in [3.63, 3.8) is 0 Å². The van der Waals surface area contributed by atoms with Crippen LogP contribution in [0.15, 0.2) is 18.2 Å². The summed E-state index contributed by atoms with van der Waals surface area (Å²) in [4.78, 5) is 2.34. The molecule has 16 heavy (non-hydrogen) atoms. The molecule has 0 amide bonds. The van der Waals surface area contributed by atoms with Gasteiger partial charge < -0.3 is 10.6 Å². The van der Waals surface area contributed by atoms with E-state index in [0.717, 1.165) is 13.0 Å². The van der Waals surface area contributed by atoms with E-state index in [-0.39, 0.29) is 5.54 Å². The lowest BCUT2D eigenvalue weighted by atomic mass is 9.80. The molecule has 0 spiro atoms. The summed E-state index contributed by atoms with van der Waals surface area (Å²) < 4.78 is 0. The predicted molar refractivity (Wildman–Crippen MR) is 68.5 cm³/mol. The maximum Gasteiger partial charge on any atom is 0.0541 e. The van der Waals surface area contributed by atoms with Crippen LogP contribution in [0.4, 0.5) is 0 Å². The molecular formula is C14H22N2. The van der Waals surface area contributed by atoms with Crippen molar-refractivity contribution in [1.82, 2.24) is 4.90 Å². The zero-order valence-corrected chi connectivity index (χ0v) is 10.6. The minimum Gasteiger partial charge on any atom is -0.320 e. The van der Waals surface area contributed by atoms with Gasteiger partial charge in [-0.1, -0.05) is 23.8 Å². The van der Waals surface area contributed by atoms with Gasteiger partial charge in [0.25, 0.3) is 0 Å². The van der Waals surface area contributed by atoms with E-state index in [1.54, 1.807) is 0 Å². The molecule has 0 saturated carbocycles. The van der Waals surface area contributed by atoms with Crippen LogP contribution in [0.5, 0.6) is 0 Å². The highest BCUT2D eigenvalue weighted by Gasteiger charge is 2.32. The molecule has 2 heteroatoms. The van der Waals surface area contributed by atoms with E-state index in [2.05, 4.69) is 44.0 Å². The van der Waals surface area contributed by atoms with Crippen molar-refractivity contribution >= 4 is 0 Å². The number of piperidine rings is 1. The van der Waals surface area contributed by atoms with E-state index in [1.807, 2.05) is 0 Å². The summed E-state index contributed by atoms with van der Waals surface area (Å²) in [5.41, 5.74) is 10.4. The number of nitrogens with zero attached hydrogens (tertiary/aromatic N) is 1. The molecule has 0 aliphatic carbocycles. The minimum atomic E-state index is -0.150. The highest BCUT2D eigenvalue weighted by molar-refractivity contribution is 5.36. The van der Waals surface area contributed by atoms with Gasteiger partial charge in [-0.3, -0.25) is 0 Å². The quantitative estimate of drug-likeness (QED) is 0.783. The standard InChI is InChI=1S/C14H22N2/c1-11-5-6-12(2)13(9-11)14(15)7-4-8-16(3)10-14/h5-6,9H,4,7-8,10,15H2,1-3H3. The Morgan fingerprint density at radius 3 is 2.75 bits per heavy atom. The van der Waals surface area contributed by atoms with Crippen LogP contribution in [-0.4, -0.2) is 25.0 Å². The number of likely N-dealkylation sites (N-methyl/N-ethyl adjacent to an activating group) is 1. The second-order valence-corrected chi connectivity index (χ2v) is 5.32. The number of likely N-dealkylation sites (tertiary alicyclic amines) is 1. The summed E-state index contributed by atoms with van der Waals surface area (Å²) in [6.07, 6.45) is 2.29. The summed E-state index contributed by atoms with van der Waals surface area (Å²) in [5, 5.41) is 0. The molecular weight excluding hydrogens is 196 g/mol. The van der Waals surface area contributed by atoms with Gasteiger partial charge in [0.2, 0.25) is 0 Å². The molecule has 1 aliphatic heterocycles. The molecule has 1 aliphatic rings. The average Bonchev–Trinajstić information content (AvgIpc) is 2.21. The van der Waals surface area contributed by atoms with Crippen LogP contribution in [0.3, 0.4) is 0 Å². The summed E-state index contributed by atoms with van der Waals surface area (Å²) in [7, 11) is 2.16. The largest absolute Gasteiger partial charge is 0.320 e. The van der Waals surface area contributed by atoms with Crippen molar-refractivity contribution in [1.29, 1.82) is 0 Å². The fraction of sp³-hybridized carbons (Fsp3) is 0.571. The molecule has 1 aromatic rings. The molecule has 1 fully saturated rings. The molecule has 0 aromatic heterocycles. The number of hydrogen-bond acceptors (Lipinski definition) is 2. The van der Waals surface area contributed by atoms with Gasteiger partial charge in [-0.2, -0.15) is 0 Å². The lowest BCUT2D eigenvalue weighted by Gasteiger charge is -2.40. The van der Waals surface area contributed by atoms with Gasteiger partial charge in [0.15, 0.2) is 0 Å². The van der Waals surface area contributed by atoms with Crippen molar-refractivity contribution < 1.29 is 0 Å². The molecule has 1 aromatic carbocycles. The van der Waals surface area contributed by atoms with Crippen LogP contribution < -0.4 is 5.73 Å². The third kappa shape index (κ3) is 2.13. The van der Waals surface area contributed by atoms with Gasteiger partial charge in [-0.15, -0.1) is 0 Å². The van der Waals surface area contributed by atoms with Crippen LogP contribution >= 0.6 is 0 Å². The predicted octanol–water partition coefficient (Wildman–Crippen LogP) is 2.18. The summed E-state index contributed by atoms with van der Waals surface area (Å²) in [6.45, 7) is 6.44. The molecule has 1 saturated heterocycles. The highest BCUT2D eigenvalue weighted by atomic mass is 15.1. The van der Waals surface area contributed by atoms with E-state index < -0.39 is 0 Å². The fourth-order valence-electron chi connectivity index (χ4n) is 2.80. The monoisotopic (exact) mass is 218 g/mol. The molecule has 88 valence electrons. The van der Waals surface area contributed by atoms with Crippen LogP contribution in [-0.2, 0) is 5.54 Å². The Kier molecular flexibility index (Phi) is 3.04. The van der Waals surface area contributed by atoms with E-state index >= 15 is 0 Å². The van der Waals surface area contributed by atoms with Crippen molar-refractivity contribution in [2.45, 2.75) is 32.2 Å². The lowest BCUT2D eigenvalue weighted by molar-refractivity contribution is 0.179. The van der Waals surface area contributed by atoms with Crippen LogP contribution in [0.25, 0.3) is 0 Å². The highest BCUT2D eigenvalue weighted by Crippen LogP contribution is 2.31. The second kappa shape index (κ2) is 4.19. The number of rotatable bonds is 1. The molecule has 2 nitrogen and oxygen atoms in total. The van der Waals surface area contributed by atoms with Gasteiger partial charge >= 0.3 is 0 Å². The molecule has 2 rings (SSSR count). The number of hydrogen-bond donors (Lipinski definition) is 1. The molecule has 1 unspecified atom stereocenters. The normalized spacial score (nSPS) is 27.0. The van der Waals surface area contributed by atoms with E-state index in [0.29, 0.717) is 0 Å². The first kappa shape index (κ1) is 11.6. The first-order chi connectivity index (χ1) is 7.51. The van der Waals surface area contributed by atoms with Gasteiger partial charge in [0.05, 0.1) is 5.54 Å². The zero-order chi connectivity index (χ0) is 11.8. The maximum atomic E-state index is 6.60. The molecule has 1 heterocycles. The molecule has 2 N–H and O–H groups in total. The summed E-state index contributed by atoms with van der Waals surface area (Å²) in [6, 6.07) is 6.61. The minimum absolute atomic E-state index is 0.150. The van der Waals surface area contributed by atoms with Crippen LogP contribution in [0.2, 0.25) is 0 Å². The Hall–Kier alpha value is -0.860. The Labute approximate surface area is 98.4 Å². The number of aryl methyl sites for hydroxylation is 2. The van der Waals surface area contributed by atoms with Crippen molar-refractivity contribution in [3.05, 3.63) is 34.9 Å². The van der Waals surface area contributed by atoms with Crippen molar-refractivity contribution in [2.24, 2.45) is 5.73 Å². The van der Waals surface area contributed by atoms with Gasteiger partial charge in [-0.05, 0) is 51.4 Å². The van der Waals surface area contributed by atoms with Gasteiger partial charge in [0, 0.05) is 6.54 Å². The number of nitrogens with two attached hydrogens (primary N) is 1. The number of benzene rings is 1. The van der Waals surface area contributed by atoms with Crippen LogP contribution in [0.1, 0.15) is 29.5 Å². The van der Waals surface area contributed by atoms with Gasteiger partial charge in [0.1, 0.15) is 0 Å². The Morgan fingerprint density at radius 2 is 2.06 bits per heavy atom. The van der Waals surface area contributed by atoms with E-state index in [4.69, 9.17) is 5.73 Å². The second-order valence-electron chi connectivity index (χ2n) is 5.32. The Balaban J connectivity index is 2.37. The third-order valence-corrected chi connectivity index (χ3v) is 3.64. The van der Waals surface area contributed by atoms with E-state index in [1.165, 1.54) is 29.7 Å². The fourth-order valence-corrected chi connectivity index (χ4v) is 2.80. The summed E-state index contributed by atoms with van der Waals surface area (Å²) in [5.74, 6) is 0. The van der Waals surface area contributed by atoms with Crippen molar-refractivity contribution in [3.8, 4) is 0 Å². The van der Waals surface area contributed by atoms with Gasteiger partial charge in [-0.25, -0.2) is 0 Å². The first-order valence-electron chi connectivity index (χ1n) is 6.06. The molecule has 1 atom stereocenters. The Bertz CT molecular complexity index is 386. The lowest BCUT2D eigenvalue weighted by Crippen LogP contribution is -2.50. The topological polar surface area (TPSA) is 29.3 Å². The maximum absolute atomic E-state index is 6.60. The first-order valence-corrected chi connectivity index (χ1v) is 6.06. The zero-order valence-electron chi connectivity index (χ0n) is 10.6. The Morgan fingerprint density at radius 1 is 1.31 bits per heavy atom. The summed E-state index contributed by atoms with van der Waals surface area (Å²) >= 11 is 0. The van der Waals surface area contributed by atoms with Crippen molar-refractivity contribution in [2.75, 3.05) is 20.1 Å². The van der Waals surface area contributed by atoms with Crippen LogP contribution in [0, 0.1) is 13.8 Å². The molecule has 0 radical (unpaired) electrons. The smallest absolute Gasteiger partial charge is 0.0541 e. The average molecular weight is 218 g/mol. The molecule has 0 bridgehead atoms.